The summed E-state index contributed by atoms with van der Waals surface area (Å²) in [7, 11) is -7.19. The molecule has 120 valence electrons. The van der Waals surface area contributed by atoms with Gasteiger partial charge in [0.05, 0.1) is 11.9 Å². The summed E-state index contributed by atoms with van der Waals surface area (Å²) in [6.45, 7) is 3.71. The second-order valence-corrected chi connectivity index (χ2v) is 8.69. The second-order valence-electron chi connectivity index (χ2n) is 5.41. The Hall–Kier alpha value is -1.36. The van der Waals surface area contributed by atoms with E-state index in [0.717, 1.165) is 6.26 Å². The molecule has 0 spiro atoms. The maximum atomic E-state index is 11.2. The third kappa shape index (κ3) is 5.87. The van der Waals surface area contributed by atoms with Crippen molar-refractivity contribution in [3.63, 3.8) is 0 Å². The molecule has 0 heterocycles. The van der Waals surface area contributed by atoms with Crippen molar-refractivity contribution in [2.75, 3.05) is 23.9 Å². The lowest BCUT2D eigenvalue weighted by molar-refractivity contribution is 0.476. The van der Waals surface area contributed by atoms with Crippen LogP contribution in [0.15, 0.2) is 23.1 Å². The van der Waals surface area contributed by atoms with E-state index in [-0.39, 0.29) is 17.1 Å². The zero-order valence-corrected chi connectivity index (χ0v) is 13.7. The van der Waals surface area contributed by atoms with E-state index in [4.69, 9.17) is 10.9 Å². The average Bonchev–Trinajstić information content (AvgIpc) is 2.21. The van der Waals surface area contributed by atoms with Gasteiger partial charge in [-0.05, 0) is 32.0 Å². The maximum Gasteiger partial charge on any atom is 0.240 e. The van der Waals surface area contributed by atoms with Crippen molar-refractivity contribution in [1.29, 1.82) is 0 Å². The number of primary sulfonamides is 1. The fraction of sp³-hybridized carbons (Fsp3) is 0.455. The molecule has 0 amide bonds. The molecule has 0 atom stereocenters. The number of nitrogens with two attached hydrogens (primary N) is 2. The number of sulfonamides is 2. The zero-order chi connectivity index (χ0) is 16.5. The van der Waals surface area contributed by atoms with E-state index < -0.39 is 25.6 Å². The average molecular weight is 336 g/mol. The minimum absolute atomic E-state index is 0.0244. The van der Waals surface area contributed by atoms with Crippen LogP contribution in [0.2, 0.25) is 0 Å². The molecule has 6 N–H and O–H groups in total. The molecule has 10 heteroatoms. The molecule has 1 aromatic carbocycles. The lowest BCUT2D eigenvalue weighted by Crippen LogP contribution is -2.47. The van der Waals surface area contributed by atoms with E-state index in [1.807, 2.05) is 0 Å². The Kier molecular flexibility index (Phi) is 4.88. The van der Waals surface area contributed by atoms with Crippen molar-refractivity contribution < 1.29 is 16.8 Å². The van der Waals surface area contributed by atoms with Gasteiger partial charge in [0.2, 0.25) is 20.0 Å². The first-order valence-electron chi connectivity index (χ1n) is 5.95. The Balaban J connectivity index is 2.84. The lowest BCUT2D eigenvalue weighted by Gasteiger charge is -2.26. The van der Waals surface area contributed by atoms with Crippen LogP contribution in [-0.4, -0.2) is 35.2 Å². The summed E-state index contributed by atoms with van der Waals surface area (Å²) in [5, 5.41) is 8.00. The molecule has 0 unspecified atom stereocenters. The summed E-state index contributed by atoms with van der Waals surface area (Å²) in [5.41, 5.74) is 5.50. The van der Waals surface area contributed by atoms with Crippen molar-refractivity contribution in [2.45, 2.75) is 24.3 Å². The Labute approximate surface area is 125 Å². The monoisotopic (exact) mass is 336 g/mol. The lowest BCUT2D eigenvalue weighted by atomic mass is 10.1. The van der Waals surface area contributed by atoms with E-state index in [1.165, 1.54) is 18.2 Å². The van der Waals surface area contributed by atoms with Crippen LogP contribution in [0.3, 0.4) is 0 Å². The molecule has 8 nitrogen and oxygen atoms in total. The minimum Gasteiger partial charge on any atom is -0.398 e. The van der Waals surface area contributed by atoms with Gasteiger partial charge in [0.15, 0.2) is 0 Å². The summed E-state index contributed by atoms with van der Waals surface area (Å²) in [4.78, 5) is -0.151. The first-order valence-corrected chi connectivity index (χ1v) is 9.39. The molecule has 1 aromatic rings. The summed E-state index contributed by atoms with van der Waals surface area (Å²) in [6, 6.07) is 4.23. The van der Waals surface area contributed by atoms with Crippen LogP contribution in [0, 0.1) is 0 Å². The van der Waals surface area contributed by atoms with E-state index in [9.17, 15) is 16.8 Å². The third-order valence-corrected chi connectivity index (χ3v) is 4.42. The number of nitrogens with one attached hydrogen (secondary N) is 2. The standard InChI is InChI=1S/C11H20N4O4S2/c1-11(2,15-20(3,16)17)7-14-8-4-5-10(9(12)6-8)21(13,18)19/h4-6,14-15H,7,12H2,1-3H3,(H2,13,18,19). The number of hydrogen-bond donors (Lipinski definition) is 4. The van der Waals surface area contributed by atoms with Crippen LogP contribution in [0.5, 0.6) is 0 Å². The van der Waals surface area contributed by atoms with E-state index in [1.54, 1.807) is 13.8 Å². The first kappa shape index (κ1) is 17.7. The van der Waals surface area contributed by atoms with Gasteiger partial charge in [0, 0.05) is 17.8 Å². The molecule has 0 fully saturated rings. The van der Waals surface area contributed by atoms with Gasteiger partial charge in [0.1, 0.15) is 4.90 Å². The first-order chi connectivity index (χ1) is 9.30. The van der Waals surface area contributed by atoms with Crippen molar-refractivity contribution in [3.05, 3.63) is 18.2 Å². The molecule has 0 saturated heterocycles. The summed E-state index contributed by atoms with van der Waals surface area (Å²) in [5.74, 6) is 0. The SMILES string of the molecule is CC(C)(CNc1ccc(S(N)(=O)=O)c(N)c1)NS(C)(=O)=O. The van der Waals surface area contributed by atoms with Gasteiger partial charge in [0.25, 0.3) is 0 Å². The number of rotatable bonds is 6. The summed E-state index contributed by atoms with van der Waals surface area (Å²) >= 11 is 0. The normalized spacial score (nSPS) is 13.1. The van der Waals surface area contributed by atoms with Gasteiger partial charge in [-0.3, -0.25) is 0 Å². The number of nitrogen functional groups attached to an aromatic ring is 1. The van der Waals surface area contributed by atoms with E-state index in [0.29, 0.717) is 5.69 Å². The molecule has 0 aliphatic heterocycles. The molecule has 0 aliphatic carbocycles. The van der Waals surface area contributed by atoms with Gasteiger partial charge < -0.3 is 11.1 Å². The molecule has 0 saturated carbocycles. The highest BCUT2D eigenvalue weighted by Crippen LogP contribution is 2.21. The zero-order valence-electron chi connectivity index (χ0n) is 12.0. The van der Waals surface area contributed by atoms with Gasteiger partial charge in [-0.1, -0.05) is 0 Å². The third-order valence-electron chi connectivity index (χ3n) is 2.51. The Morgan fingerprint density at radius 3 is 2.19 bits per heavy atom. The largest absolute Gasteiger partial charge is 0.398 e. The fourth-order valence-electron chi connectivity index (χ4n) is 1.78. The quantitative estimate of drug-likeness (QED) is 0.523. The van der Waals surface area contributed by atoms with Crippen LogP contribution in [0.4, 0.5) is 11.4 Å². The molecule has 0 bridgehead atoms. The van der Waals surface area contributed by atoms with Gasteiger partial charge in [-0.25, -0.2) is 26.7 Å². The topological polar surface area (TPSA) is 144 Å². The molecular weight excluding hydrogens is 316 g/mol. The second kappa shape index (κ2) is 5.79. The molecule has 0 aromatic heterocycles. The molecule has 21 heavy (non-hydrogen) atoms. The van der Waals surface area contributed by atoms with Crippen LogP contribution >= 0.6 is 0 Å². The highest BCUT2D eigenvalue weighted by atomic mass is 32.2. The van der Waals surface area contributed by atoms with Crippen LogP contribution in [0.1, 0.15) is 13.8 Å². The highest BCUT2D eigenvalue weighted by Gasteiger charge is 2.22. The Bertz CT molecular complexity index is 727. The van der Waals surface area contributed by atoms with Crippen molar-refractivity contribution in [2.24, 2.45) is 5.14 Å². The number of benzene rings is 1. The van der Waals surface area contributed by atoms with Gasteiger partial charge in [-0.2, -0.15) is 0 Å². The van der Waals surface area contributed by atoms with E-state index in [2.05, 4.69) is 10.0 Å². The van der Waals surface area contributed by atoms with Crippen LogP contribution in [-0.2, 0) is 20.0 Å². The number of hydrogen-bond acceptors (Lipinski definition) is 6. The van der Waals surface area contributed by atoms with E-state index >= 15 is 0 Å². The Morgan fingerprint density at radius 1 is 1.19 bits per heavy atom. The van der Waals surface area contributed by atoms with Gasteiger partial charge in [-0.15, -0.1) is 0 Å². The summed E-state index contributed by atoms with van der Waals surface area (Å²) in [6.07, 6.45) is 1.08. The van der Waals surface area contributed by atoms with Crippen molar-refractivity contribution in [1.82, 2.24) is 4.72 Å². The van der Waals surface area contributed by atoms with Gasteiger partial charge >= 0.3 is 0 Å². The predicted molar refractivity (Wildman–Crippen MR) is 82.8 cm³/mol. The molecular formula is C11H20N4O4S2. The summed E-state index contributed by atoms with van der Waals surface area (Å²) < 4.78 is 47.4. The highest BCUT2D eigenvalue weighted by molar-refractivity contribution is 7.89. The van der Waals surface area contributed by atoms with Crippen LogP contribution in [0.25, 0.3) is 0 Å². The minimum atomic E-state index is -3.86. The molecule has 0 radical (unpaired) electrons. The van der Waals surface area contributed by atoms with Crippen molar-refractivity contribution >= 4 is 31.4 Å². The smallest absolute Gasteiger partial charge is 0.240 e. The number of anilines is 2. The molecule has 0 aliphatic rings. The Morgan fingerprint density at radius 2 is 1.76 bits per heavy atom. The maximum absolute atomic E-state index is 11.2. The van der Waals surface area contributed by atoms with Crippen molar-refractivity contribution in [3.8, 4) is 0 Å². The fourth-order valence-corrected chi connectivity index (χ4v) is 3.50. The van der Waals surface area contributed by atoms with Crippen LogP contribution < -0.4 is 20.9 Å². The predicted octanol–water partition coefficient (Wildman–Crippen LogP) is -0.344. The molecule has 1 rings (SSSR count).